The van der Waals surface area contributed by atoms with Crippen LogP contribution in [0.1, 0.15) is 40.7 Å². The number of Topliss-reactive ketones (excluding diaryl/α,β-unsaturated/α-hetero) is 1. The van der Waals surface area contributed by atoms with Crippen LogP contribution in [0, 0.1) is 0 Å². The van der Waals surface area contributed by atoms with Crippen molar-refractivity contribution in [2.45, 2.75) is 19.2 Å². The van der Waals surface area contributed by atoms with Crippen molar-refractivity contribution in [3.63, 3.8) is 0 Å². The average Bonchev–Trinajstić information content (AvgIpc) is 2.44. The Morgan fingerprint density at radius 1 is 1.38 bits per heavy atom. The first-order valence-electron chi connectivity index (χ1n) is 6.23. The molecule has 0 aliphatic heterocycles. The van der Waals surface area contributed by atoms with E-state index in [2.05, 4.69) is 0 Å². The van der Waals surface area contributed by atoms with Crippen molar-refractivity contribution >= 4 is 35.4 Å². The van der Waals surface area contributed by atoms with Gasteiger partial charge >= 0.3 is 11.9 Å². The van der Waals surface area contributed by atoms with Gasteiger partial charge in [0.15, 0.2) is 5.78 Å². The summed E-state index contributed by atoms with van der Waals surface area (Å²) in [7, 11) is 0. The Labute approximate surface area is 127 Å². The molecule has 1 unspecified atom stereocenters. The minimum Gasteiger partial charge on any atom is -0.478 e. The van der Waals surface area contributed by atoms with Gasteiger partial charge in [-0.2, -0.15) is 0 Å². The molecule has 5 nitrogen and oxygen atoms in total. The number of carboxylic acids is 1. The van der Waals surface area contributed by atoms with Crippen molar-refractivity contribution in [2.75, 3.05) is 6.61 Å². The second-order valence-electron chi connectivity index (χ2n) is 4.21. The molecule has 1 aromatic carbocycles. The van der Waals surface area contributed by atoms with Gasteiger partial charge in [-0.15, -0.1) is 11.6 Å². The fourth-order valence-corrected chi connectivity index (χ4v) is 1.79. The van der Waals surface area contributed by atoms with E-state index in [1.807, 2.05) is 0 Å². The Morgan fingerprint density at radius 3 is 2.57 bits per heavy atom. The van der Waals surface area contributed by atoms with Gasteiger partial charge in [0.2, 0.25) is 0 Å². The molecule has 1 atom stereocenters. The first-order chi connectivity index (χ1) is 9.86. The number of carbonyl (C=O) groups excluding carboxylic acids is 2. The number of hydrogen-bond donors (Lipinski definition) is 1. The number of ether oxygens (including phenoxy) is 1. The van der Waals surface area contributed by atoms with Crippen LogP contribution >= 0.6 is 11.6 Å². The van der Waals surface area contributed by atoms with Crippen LogP contribution in [0.4, 0.5) is 0 Å². The van der Waals surface area contributed by atoms with Crippen molar-refractivity contribution in [1.82, 2.24) is 0 Å². The standard InChI is InChI=1S/C15H15ClO5/c1-3-21-15(20)12-8-11(14(16)9(2)17)5-4-10(12)6-7-13(18)19/h4-8,14H,3H2,1-2H3,(H,18,19)/b7-6+. The van der Waals surface area contributed by atoms with Crippen molar-refractivity contribution in [3.8, 4) is 0 Å². The predicted octanol–water partition coefficient (Wildman–Crippen LogP) is 2.83. The van der Waals surface area contributed by atoms with Gasteiger partial charge in [-0.05, 0) is 37.1 Å². The van der Waals surface area contributed by atoms with E-state index in [-0.39, 0.29) is 18.0 Å². The largest absolute Gasteiger partial charge is 0.478 e. The zero-order chi connectivity index (χ0) is 16.0. The maximum absolute atomic E-state index is 11.9. The van der Waals surface area contributed by atoms with Gasteiger partial charge in [0.25, 0.3) is 0 Å². The quantitative estimate of drug-likeness (QED) is 0.496. The van der Waals surface area contributed by atoms with E-state index in [1.165, 1.54) is 25.1 Å². The SMILES string of the molecule is CCOC(=O)c1cc(C(Cl)C(C)=O)ccc1/C=C/C(=O)O. The van der Waals surface area contributed by atoms with E-state index in [0.29, 0.717) is 11.1 Å². The van der Waals surface area contributed by atoms with Gasteiger partial charge in [-0.3, -0.25) is 4.79 Å². The van der Waals surface area contributed by atoms with Gasteiger partial charge in [0.1, 0.15) is 5.38 Å². The minimum atomic E-state index is -1.13. The van der Waals surface area contributed by atoms with E-state index in [4.69, 9.17) is 21.4 Å². The molecule has 0 amide bonds. The number of aliphatic carboxylic acids is 1. The minimum absolute atomic E-state index is 0.166. The van der Waals surface area contributed by atoms with Crippen LogP contribution in [0.15, 0.2) is 24.3 Å². The molecule has 0 fully saturated rings. The highest BCUT2D eigenvalue weighted by molar-refractivity contribution is 6.30. The lowest BCUT2D eigenvalue weighted by atomic mass is 10.0. The number of esters is 1. The highest BCUT2D eigenvalue weighted by Gasteiger charge is 2.18. The Morgan fingerprint density at radius 2 is 2.05 bits per heavy atom. The summed E-state index contributed by atoms with van der Waals surface area (Å²) >= 11 is 5.96. The molecule has 1 aromatic rings. The number of carboxylic acid groups (broad SMARTS) is 1. The third kappa shape index (κ3) is 4.72. The average molecular weight is 311 g/mol. The topological polar surface area (TPSA) is 80.7 Å². The molecular formula is C15H15ClO5. The summed E-state index contributed by atoms with van der Waals surface area (Å²) in [6.45, 7) is 3.19. The number of benzene rings is 1. The molecule has 0 spiro atoms. The van der Waals surface area contributed by atoms with Crippen molar-refractivity contribution in [1.29, 1.82) is 0 Å². The molecule has 0 radical (unpaired) electrons. The number of hydrogen-bond acceptors (Lipinski definition) is 4. The maximum atomic E-state index is 11.9. The summed E-state index contributed by atoms with van der Waals surface area (Å²) in [4.78, 5) is 33.8. The fraction of sp³-hybridized carbons (Fsp3) is 0.267. The second-order valence-corrected chi connectivity index (χ2v) is 4.65. The number of halogens is 1. The van der Waals surface area contributed by atoms with Crippen LogP contribution in [0.25, 0.3) is 6.08 Å². The van der Waals surface area contributed by atoms with Gasteiger partial charge in [0.05, 0.1) is 12.2 Å². The van der Waals surface area contributed by atoms with E-state index in [0.717, 1.165) is 6.08 Å². The molecule has 112 valence electrons. The van der Waals surface area contributed by atoms with Crippen molar-refractivity contribution in [2.24, 2.45) is 0 Å². The monoisotopic (exact) mass is 310 g/mol. The van der Waals surface area contributed by atoms with Crippen LogP contribution in [0.2, 0.25) is 0 Å². The Bertz CT molecular complexity index is 592. The predicted molar refractivity (Wildman–Crippen MR) is 78.3 cm³/mol. The lowest BCUT2D eigenvalue weighted by molar-refractivity contribution is -0.131. The van der Waals surface area contributed by atoms with Gasteiger partial charge in [0, 0.05) is 6.08 Å². The lowest BCUT2D eigenvalue weighted by Crippen LogP contribution is -2.09. The molecule has 1 rings (SSSR count). The van der Waals surface area contributed by atoms with Crippen LogP contribution in [0.3, 0.4) is 0 Å². The van der Waals surface area contributed by atoms with Crippen LogP contribution < -0.4 is 0 Å². The zero-order valence-corrected chi connectivity index (χ0v) is 12.4. The first-order valence-corrected chi connectivity index (χ1v) is 6.67. The second kappa shape index (κ2) is 7.59. The number of rotatable bonds is 6. The van der Waals surface area contributed by atoms with Gasteiger partial charge in [-0.25, -0.2) is 9.59 Å². The third-order valence-electron chi connectivity index (χ3n) is 2.63. The van der Waals surface area contributed by atoms with E-state index in [9.17, 15) is 14.4 Å². The summed E-state index contributed by atoms with van der Waals surface area (Å²) < 4.78 is 4.92. The smallest absolute Gasteiger partial charge is 0.338 e. The highest BCUT2D eigenvalue weighted by Crippen LogP contribution is 2.25. The van der Waals surface area contributed by atoms with E-state index < -0.39 is 17.3 Å². The van der Waals surface area contributed by atoms with Crippen molar-refractivity contribution in [3.05, 3.63) is 41.0 Å². The highest BCUT2D eigenvalue weighted by atomic mass is 35.5. The maximum Gasteiger partial charge on any atom is 0.338 e. The molecule has 0 saturated heterocycles. The van der Waals surface area contributed by atoms with Gasteiger partial charge < -0.3 is 9.84 Å². The summed E-state index contributed by atoms with van der Waals surface area (Å²) in [5, 5.41) is 7.79. The summed E-state index contributed by atoms with van der Waals surface area (Å²) in [6.07, 6.45) is 2.20. The van der Waals surface area contributed by atoms with Crippen LogP contribution in [0.5, 0.6) is 0 Å². The fourth-order valence-electron chi connectivity index (χ4n) is 1.66. The summed E-state index contributed by atoms with van der Waals surface area (Å²) in [6, 6.07) is 4.54. The molecule has 0 aromatic heterocycles. The Hall–Kier alpha value is -2.14. The van der Waals surface area contributed by atoms with E-state index in [1.54, 1.807) is 13.0 Å². The lowest BCUT2D eigenvalue weighted by Gasteiger charge is -2.11. The summed E-state index contributed by atoms with van der Waals surface area (Å²) in [5.41, 5.74) is 1.01. The number of ketones is 1. The van der Waals surface area contributed by atoms with Crippen LogP contribution in [-0.2, 0) is 14.3 Å². The van der Waals surface area contributed by atoms with Gasteiger partial charge in [-0.1, -0.05) is 12.1 Å². The normalized spacial score (nSPS) is 12.1. The summed E-state index contributed by atoms with van der Waals surface area (Å²) in [5.74, 6) is -1.98. The zero-order valence-electron chi connectivity index (χ0n) is 11.6. The molecule has 0 aliphatic rings. The molecule has 6 heteroatoms. The molecule has 0 heterocycles. The van der Waals surface area contributed by atoms with Crippen LogP contribution in [-0.4, -0.2) is 29.4 Å². The van der Waals surface area contributed by atoms with Crippen molar-refractivity contribution < 1.29 is 24.2 Å². The molecule has 21 heavy (non-hydrogen) atoms. The van der Waals surface area contributed by atoms with E-state index >= 15 is 0 Å². The molecule has 0 aliphatic carbocycles. The Balaban J connectivity index is 3.28. The molecule has 1 N–H and O–H groups in total. The number of carbonyl (C=O) groups is 3. The molecule has 0 bridgehead atoms. The Kier molecular flexibility index (Phi) is 6.11. The molecular weight excluding hydrogens is 296 g/mol. The first kappa shape index (κ1) is 16.9. The molecule has 0 saturated carbocycles. The number of alkyl halides is 1. The third-order valence-corrected chi connectivity index (χ3v) is 3.19.